The molecule has 1 aromatic heterocycles. The molecule has 0 saturated carbocycles. The Morgan fingerprint density at radius 1 is 1.31 bits per heavy atom. The molecule has 2 N–H and O–H groups in total. The molecule has 1 fully saturated rings. The first kappa shape index (κ1) is 19.4. The third-order valence-electron chi connectivity index (χ3n) is 5.64. The number of nitrogens with two attached hydrogens (primary N) is 1. The van der Waals surface area contributed by atoms with Crippen molar-refractivity contribution >= 4 is 17.2 Å². The van der Waals surface area contributed by atoms with Crippen LogP contribution in [0.15, 0.2) is 35.3 Å². The predicted octanol–water partition coefficient (Wildman–Crippen LogP) is 2.22. The van der Waals surface area contributed by atoms with Crippen LogP contribution in [-0.2, 0) is 18.4 Å². The Kier molecular flexibility index (Phi) is 5.04. The fraction of sp³-hybridized carbons (Fsp3) is 0.381. The van der Waals surface area contributed by atoms with Crippen molar-refractivity contribution < 1.29 is 13.6 Å². The Morgan fingerprint density at radius 2 is 2.10 bits per heavy atom. The molecule has 1 saturated heterocycles. The van der Waals surface area contributed by atoms with Crippen LogP contribution in [-0.4, -0.2) is 45.4 Å². The number of piperidine rings is 1. The summed E-state index contributed by atoms with van der Waals surface area (Å²) in [5.74, 6) is -1.98. The van der Waals surface area contributed by atoms with Crippen molar-refractivity contribution in [2.24, 2.45) is 23.7 Å². The molecule has 2 aromatic rings. The minimum absolute atomic E-state index is 0.0532. The van der Waals surface area contributed by atoms with Crippen molar-refractivity contribution in [2.75, 3.05) is 13.1 Å². The number of fused-ring (bicyclic) bond motifs is 1. The van der Waals surface area contributed by atoms with Crippen molar-refractivity contribution in [3.8, 4) is 0 Å². The molecule has 0 bridgehead atoms. The number of carbonyl (C=O) groups excluding carboxylic acids is 1. The first-order valence-electron chi connectivity index (χ1n) is 9.58. The van der Waals surface area contributed by atoms with E-state index in [1.807, 2.05) is 24.7 Å². The molecular formula is C21H23F2N5O. The number of likely N-dealkylation sites (tertiary alicyclic amines) is 1. The quantitative estimate of drug-likeness (QED) is 0.857. The van der Waals surface area contributed by atoms with E-state index < -0.39 is 17.5 Å². The molecule has 1 amide bonds. The molecule has 152 valence electrons. The third kappa shape index (κ3) is 3.85. The lowest BCUT2D eigenvalue weighted by Crippen LogP contribution is -2.45. The number of aromatic nitrogens is 2. The summed E-state index contributed by atoms with van der Waals surface area (Å²) >= 11 is 0. The fourth-order valence-electron chi connectivity index (χ4n) is 4.28. The number of carbonyl (C=O) groups is 1. The Bertz CT molecular complexity index is 1030. The number of aryl methyl sites for hydroxylation is 2. The second kappa shape index (κ2) is 7.51. The number of nitrogens with zero attached hydrogens (tertiary/aromatic N) is 4. The summed E-state index contributed by atoms with van der Waals surface area (Å²) in [7, 11) is 1.91. The first-order chi connectivity index (χ1) is 13.8. The van der Waals surface area contributed by atoms with Gasteiger partial charge in [0.05, 0.1) is 17.4 Å². The lowest BCUT2D eigenvalue weighted by molar-refractivity contribution is -0.111. The zero-order valence-electron chi connectivity index (χ0n) is 16.4. The van der Waals surface area contributed by atoms with Gasteiger partial charge in [-0.15, -0.1) is 0 Å². The first-order valence-corrected chi connectivity index (χ1v) is 9.58. The summed E-state index contributed by atoms with van der Waals surface area (Å²) in [6, 6.07) is 5.34. The summed E-state index contributed by atoms with van der Waals surface area (Å²) in [5, 5.41) is 4.38. The lowest BCUT2D eigenvalue weighted by atomic mass is 9.79. The zero-order valence-corrected chi connectivity index (χ0v) is 16.4. The van der Waals surface area contributed by atoms with E-state index in [1.165, 1.54) is 12.1 Å². The van der Waals surface area contributed by atoms with Gasteiger partial charge in [-0.05, 0) is 49.7 Å². The number of rotatable bonds is 4. The Morgan fingerprint density at radius 3 is 2.76 bits per heavy atom. The molecule has 4 rings (SSSR count). The summed E-state index contributed by atoms with van der Waals surface area (Å²) < 4.78 is 29.7. The number of hydrogen-bond acceptors (Lipinski definition) is 4. The maximum Gasteiger partial charge on any atom is 0.266 e. The number of dihydropyridines is 1. The Balaban J connectivity index is 1.62. The van der Waals surface area contributed by atoms with Crippen LogP contribution in [0.5, 0.6) is 0 Å². The number of halogens is 2. The minimum atomic E-state index is -0.650. The molecule has 2 atom stereocenters. The van der Waals surface area contributed by atoms with Crippen LogP contribution in [0, 0.1) is 24.5 Å². The van der Waals surface area contributed by atoms with E-state index in [0.717, 1.165) is 30.4 Å². The third-order valence-corrected chi connectivity index (χ3v) is 5.64. The van der Waals surface area contributed by atoms with E-state index in [4.69, 9.17) is 5.73 Å². The molecule has 2 aliphatic rings. The number of amides is 1. The molecule has 6 nitrogen and oxygen atoms in total. The Labute approximate surface area is 167 Å². The van der Waals surface area contributed by atoms with Crippen molar-refractivity contribution in [2.45, 2.75) is 25.9 Å². The van der Waals surface area contributed by atoms with Crippen molar-refractivity contribution in [3.05, 3.63) is 58.9 Å². The van der Waals surface area contributed by atoms with Gasteiger partial charge in [0.2, 0.25) is 0 Å². The highest BCUT2D eigenvalue weighted by atomic mass is 19.1. The van der Waals surface area contributed by atoms with Gasteiger partial charge in [-0.25, -0.2) is 8.78 Å². The van der Waals surface area contributed by atoms with Gasteiger partial charge in [0.25, 0.3) is 5.91 Å². The molecule has 3 heterocycles. The van der Waals surface area contributed by atoms with E-state index in [2.05, 4.69) is 15.0 Å². The van der Waals surface area contributed by atoms with Crippen LogP contribution in [0.4, 0.5) is 8.78 Å². The van der Waals surface area contributed by atoms with Crippen molar-refractivity contribution in [3.63, 3.8) is 0 Å². The highest BCUT2D eigenvalue weighted by molar-refractivity contribution is 6.44. The van der Waals surface area contributed by atoms with Gasteiger partial charge in [-0.2, -0.15) is 5.10 Å². The normalized spacial score (nSPS) is 22.1. The van der Waals surface area contributed by atoms with Gasteiger partial charge < -0.3 is 5.73 Å². The van der Waals surface area contributed by atoms with E-state index >= 15 is 0 Å². The van der Waals surface area contributed by atoms with Crippen LogP contribution in [0.25, 0.3) is 5.57 Å². The topological polar surface area (TPSA) is 76.5 Å². The molecule has 0 radical (unpaired) electrons. The molecule has 0 spiro atoms. The van der Waals surface area contributed by atoms with Crippen molar-refractivity contribution in [1.82, 2.24) is 14.7 Å². The predicted molar refractivity (Wildman–Crippen MR) is 106 cm³/mol. The summed E-state index contributed by atoms with van der Waals surface area (Å²) in [5.41, 5.74) is 8.62. The molecule has 29 heavy (non-hydrogen) atoms. The highest BCUT2D eigenvalue weighted by Crippen LogP contribution is 2.38. The van der Waals surface area contributed by atoms with Gasteiger partial charge in [0.15, 0.2) is 0 Å². The standard InChI is InChI=1S/C21H23F2N5O/c1-12-7-14(27(2)26-12)10-28-6-5-16-17(15-4-3-13(22)8-18(15)23)9-19(21(24)29)25-20(16)11-28/h3-4,7-9,16,20H,5-6,10-11H2,1-2H3,(H2,24,29). The zero-order chi connectivity index (χ0) is 20.7. The fourth-order valence-corrected chi connectivity index (χ4v) is 4.28. The van der Waals surface area contributed by atoms with Crippen LogP contribution in [0.3, 0.4) is 0 Å². The van der Waals surface area contributed by atoms with Crippen LogP contribution in [0.1, 0.15) is 23.4 Å². The largest absolute Gasteiger partial charge is 0.364 e. The number of benzene rings is 1. The molecule has 1 aromatic carbocycles. The SMILES string of the molecule is Cc1cc(CN2CCC3C(c4ccc(F)cc4F)=CC(C(N)=O)=NC3C2)n(C)n1. The average Bonchev–Trinajstić information content (AvgIpc) is 2.97. The molecule has 8 heteroatoms. The monoisotopic (exact) mass is 399 g/mol. The van der Waals surface area contributed by atoms with Gasteiger partial charge in [-0.3, -0.25) is 19.4 Å². The van der Waals surface area contributed by atoms with Crippen molar-refractivity contribution in [1.29, 1.82) is 0 Å². The number of primary amides is 1. The molecule has 2 aliphatic heterocycles. The summed E-state index contributed by atoms with van der Waals surface area (Å²) in [4.78, 5) is 18.6. The number of aliphatic imine (C=N–C) groups is 1. The molecular weight excluding hydrogens is 376 g/mol. The molecule has 0 aliphatic carbocycles. The minimum Gasteiger partial charge on any atom is -0.364 e. The van der Waals surface area contributed by atoms with Crippen LogP contribution in [0.2, 0.25) is 0 Å². The summed E-state index contributed by atoms with van der Waals surface area (Å²) in [6.45, 7) is 4.08. The van der Waals surface area contributed by atoms with E-state index in [0.29, 0.717) is 24.2 Å². The van der Waals surface area contributed by atoms with Gasteiger partial charge in [0.1, 0.15) is 17.3 Å². The van der Waals surface area contributed by atoms with Gasteiger partial charge in [0, 0.05) is 37.7 Å². The number of hydrogen-bond donors (Lipinski definition) is 1. The lowest BCUT2D eigenvalue weighted by Gasteiger charge is -2.39. The second-order valence-corrected chi connectivity index (χ2v) is 7.70. The van der Waals surface area contributed by atoms with Crippen LogP contribution < -0.4 is 5.73 Å². The smallest absolute Gasteiger partial charge is 0.266 e. The van der Waals surface area contributed by atoms with Gasteiger partial charge in [-0.1, -0.05) is 0 Å². The van der Waals surface area contributed by atoms with Gasteiger partial charge >= 0.3 is 0 Å². The second-order valence-electron chi connectivity index (χ2n) is 7.70. The van der Waals surface area contributed by atoms with E-state index in [1.54, 1.807) is 6.08 Å². The van der Waals surface area contributed by atoms with E-state index in [9.17, 15) is 13.6 Å². The maximum atomic E-state index is 14.5. The summed E-state index contributed by atoms with van der Waals surface area (Å²) in [6.07, 6.45) is 2.31. The van der Waals surface area contributed by atoms with Crippen LogP contribution >= 0.6 is 0 Å². The average molecular weight is 399 g/mol. The maximum absolute atomic E-state index is 14.5. The highest BCUT2D eigenvalue weighted by Gasteiger charge is 2.36. The molecule has 2 unspecified atom stereocenters. The van der Waals surface area contributed by atoms with E-state index in [-0.39, 0.29) is 17.7 Å². The Hall–Kier alpha value is -2.87.